The number of amides is 2. The molecule has 6 aromatic rings. The van der Waals surface area contributed by atoms with Crippen molar-refractivity contribution in [2.45, 2.75) is 160 Å². The molecule has 6 aliphatic rings. The van der Waals surface area contributed by atoms with Gasteiger partial charge in [-0.15, -0.1) is 5.10 Å². The number of carboxylic acids is 1. The number of halogens is 1. The molecule has 21 heteroatoms. The van der Waals surface area contributed by atoms with Gasteiger partial charge in [-0.05, 0) is 101 Å². The average Bonchev–Trinajstić information content (AvgIpc) is 4.02. The Hall–Kier alpha value is -6.97. The highest BCUT2D eigenvalue weighted by atomic mass is 19.1. The number of rotatable bonds is 14. The second-order valence-corrected chi connectivity index (χ2v) is 23.6. The molecule has 2 unspecified atom stereocenters. The Balaban J connectivity index is 0.952. The number of hydrogen-bond donors (Lipinski definition) is 2. The Kier molecular flexibility index (Phi) is 14.0. The van der Waals surface area contributed by atoms with Gasteiger partial charge < -0.3 is 48.6 Å². The molecule has 0 radical (unpaired) electrons. The van der Waals surface area contributed by atoms with Crippen LogP contribution in [0.1, 0.15) is 127 Å². The summed E-state index contributed by atoms with van der Waals surface area (Å²) in [5, 5.41) is 35.4. The molecule has 20 nitrogen and oxygen atoms in total. The zero-order valence-corrected chi connectivity index (χ0v) is 45.6. The smallest absolute Gasteiger partial charge is 0.410 e. The molecule has 8 heterocycles. The predicted octanol–water partition coefficient (Wildman–Crippen LogP) is 8.51. The number of piperazine rings is 1. The molecule has 1 aliphatic carbocycles. The molecule has 79 heavy (non-hydrogen) atoms. The maximum absolute atomic E-state index is 16.9. The van der Waals surface area contributed by atoms with Gasteiger partial charge in [-0.1, -0.05) is 43.3 Å². The van der Waals surface area contributed by atoms with Gasteiger partial charge in [0, 0.05) is 79.0 Å². The maximum Gasteiger partial charge on any atom is 0.410 e. The van der Waals surface area contributed by atoms with E-state index in [0.717, 1.165) is 71.6 Å². The fourth-order valence-electron chi connectivity index (χ4n) is 12.4. The van der Waals surface area contributed by atoms with E-state index in [-0.39, 0.29) is 73.7 Å². The quantitative estimate of drug-likeness (QED) is 0.104. The highest BCUT2D eigenvalue weighted by Crippen LogP contribution is 2.54. The van der Waals surface area contributed by atoms with Gasteiger partial charge in [0.15, 0.2) is 12.0 Å². The molecule has 6 fully saturated rings. The second kappa shape index (κ2) is 20.9. The third kappa shape index (κ3) is 10.2. The molecule has 6 atom stereocenters. The Labute approximate surface area is 457 Å². The number of benzene rings is 3. The summed E-state index contributed by atoms with van der Waals surface area (Å²) in [5.41, 5.74) is 5.40. The number of β-amino-alcohol motifs (C(OH)–C–C–N with tert-alkyl or cyclic N) is 1. The zero-order chi connectivity index (χ0) is 55.0. The van der Waals surface area contributed by atoms with E-state index in [1.54, 1.807) is 12.3 Å². The Morgan fingerprint density at radius 2 is 1.68 bits per heavy atom. The van der Waals surface area contributed by atoms with Gasteiger partial charge in [0.2, 0.25) is 5.91 Å². The van der Waals surface area contributed by atoms with Crippen molar-refractivity contribution < 1.29 is 52.7 Å². The molecule has 418 valence electrons. The van der Waals surface area contributed by atoms with Crippen LogP contribution >= 0.6 is 0 Å². The Bertz CT molecular complexity index is 3310. The van der Waals surface area contributed by atoms with Crippen LogP contribution in [0.4, 0.5) is 15.0 Å². The summed E-state index contributed by atoms with van der Waals surface area (Å²) in [6.45, 7) is 13.9. The van der Waals surface area contributed by atoms with Gasteiger partial charge in [-0.3, -0.25) is 4.79 Å². The lowest BCUT2D eigenvalue weighted by Crippen LogP contribution is -2.50. The largest absolute Gasteiger partial charge is 0.486 e. The van der Waals surface area contributed by atoms with Crippen molar-refractivity contribution in [1.29, 1.82) is 0 Å². The number of nitrogens with zero attached hydrogens (tertiary/aromatic N) is 10. The molecule has 3 aromatic carbocycles. The van der Waals surface area contributed by atoms with Gasteiger partial charge in [0.1, 0.15) is 53.2 Å². The number of anilines is 1. The molecule has 12 rings (SSSR count). The van der Waals surface area contributed by atoms with E-state index in [0.29, 0.717) is 85.2 Å². The molecular formula is C58H69FN10O10. The first-order valence-corrected chi connectivity index (χ1v) is 28.0. The van der Waals surface area contributed by atoms with Crippen LogP contribution in [0.2, 0.25) is 0 Å². The van der Waals surface area contributed by atoms with E-state index in [1.165, 1.54) is 9.58 Å². The molecule has 3 aromatic heterocycles. The minimum absolute atomic E-state index is 0.0395. The summed E-state index contributed by atoms with van der Waals surface area (Å²) in [4.78, 5) is 55.4. The van der Waals surface area contributed by atoms with E-state index < -0.39 is 35.7 Å². The van der Waals surface area contributed by atoms with Gasteiger partial charge in [0.05, 0.1) is 49.3 Å². The first-order valence-electron chi connectivity index (χ1n) is 28.0. The van der Waals surface area contributed by atoms with Crippen LogP contribution in [0, 0.1) is 18.7 Å². The first kappa shape index (κ1) is 52.7. The molecule has 5 saturated heterocycles. The lowest BCUT2D eigenvalue weighted by Gasteiger charge is -2.36. The Morgan fingerprint density at radius 3 is 2.37 bits per heavy atom. The van der Waals surface area contributed by atoms with Crippen LogP contribution in [-0.2, 0) is 30.4 Å². The van der Waals surface area contributed by atoms with Crippen molar-refractivity contribution in [2.75, 3.05) is 44.4 Å². The molecular weight excluding hydrogens is 1020 g/mol. The number of ether oxygens (including phenoxy) is 5. The second-order valence-electron chi connectivity index (χ2n) is 23.6. The van der Waals surface area contributed by atoms with Crippen LogP contribution in [0.25, 0.3) is 44.2 Å². The standard InChI is InChI=1S/C58H69FN10O10/c1-31(2)51(54(71)67-28-38(70)22-46(67)55(72)73)68-29-44(63-64-68)35-12-10-33(11-13-35)30-77-52-49(48-32(3)43(59)24-45-42(48)25-60-69(45)47-9-7-8-18-76-47)40(34-14-15-34)23-41-50(52)61-56(78-39-16-19-75-20-17-39)62-53(41)65-26-37-21-36(65)27-66(37)57(74)79-58(4,5)6/h10-13,23-25,29,31,34,36-39,46-47,51,70H,7-9,14-22,26-28,30H2,1-6H3,(H,72,73)/t36-,37-,38+,46-,47?,51?/m0/s1. The van der Waals surface area contributed by atoms with Gasteiger partial charge in [0.25, 0.3) is 0 Å². The van der Waals surface area contributed by atoms with Crippen LogP contribution in [0.15, 0.2) is 48.8 Å². The average molecular weight is 1090 g/mol. The van der Waals surface area contributed by atoms with Crippen LogP contribution < -0.4 is 14.4 Å². The fourth-order valence-corrected chi connectivity index (χ4v) is 12.4. The highest BCUT2D eigenvalue weighted by Gasteiger charge is 2.48. The molecule has 2 N–H and O–H groups in total. The summed E-state index contributed by atoms with van der Waals surface area (Å²) in [5.74, 6) is -0.975. The lowest BCUT2D eigenvalue weighted by molar-refractivity contribution is -0.150. The van der Waals surface area contributed by atoms with E-state index in [2.05, 4.69) is 21.3 Å². The van der Waals surface area contributed by atoms with Crippen molar-refractivity contribution >= 4 is 45.6 Å². The third-order valence-corrected chi connectivity index (χ3v) is 16.5. The number of aliphatic hydroxyl groups is 1. The number of hydrogen-bond acceptors (Lipinski definition) is 15. The minimum atomic E-state index is -1.17. The van der Waals surface area contributed by atoms with E-state index in [4.69, 9.17) is 38.8 Å². The van der Waals surface area contributed by atoms with Crippen molar-refractivity contribution in [2.24, 2.45) is 5.92 Å². The maximum atomic E-state index is 16.9. The number of carbonyl (C=O) groups excluding carboxylic acids is 2. The topological polar surface area (TPSA) is 222 Å². The van der Waals surface area contributed by atoms with Crippen molar-refractivity contribution in [1.82, 2.24) is 44.5 Å². The summed E-state index contributed by atoms with van der Waals surface area (Å²) in [7, 11) is 0. The molecule has 1 saturated carbocycles. The third-order valence-electron chi connectivity index (χ3n) is 16.5. The number of aliphatic carboxylic acids is 1. The first-order chi connectivity index (χ1) is 38.0. The Morgan fingerprint density at radius 1 is 0.899 bits per heavy atom. The number of carbonyl (C=O) groups is 3. The molecule has 0 spiro atoms. The fraction of sp³-hybridized carbons (Fsp3) is 0.552. The number of fused-ring (bicyclic) bond motifs is 4. The van der Waals surface area contributed by atoms with Gasteiger partial charge >= 0.3 is 18.1 Å². The van der Waals surface area contributed by atoms with Crippen LogP contribution in [0.5, 0.6) is 11.8 Å². The minimum Gasteiger partial charge on any atom is -0.486 e. The van der Waals surface area contributed by atoms with E-state index in [1.807, 2.05) is 81.6 Å². The van der Waals surface area contributed by atoms with Crippen molar-refractivity contribution in [3.8, 4) is 34.1 Å². The van der Waals surface area contributed by atoms with Gasteiger partial charge in [-0.25, -0.2) is 23.3 Å². The number of carboxylic acid groups (broad SMARTS) is 1. The van der Waals surface area contributed by atoms with Crippen LogP contribution in [-0.4, -0.2) is 148 Å². The van der Waals surface area contributed by atoms with E-state index in [9.17, 15) is 24.6 Å². The molecule has 5 aliphatic heterocycles. The zero-order valence-electron chi connectivity index (χ0n) is 45.6. The van der Waals surface area contributed by atoms with Crippen molar-refractivity contribution in [3.63, 3.8) is 0 Å². The lowest BCUT2D eigenvalue weighted by atomic mass is 9.88. The van der Waals surface area contributed by atoms with Gasteiger partial charge in [-0.2, -0.15) is 15.1 Å². The summed E-state index contributed by atoms with van der Waals surface area (Å²) >= 11 is 0. The SMILES string of the molecule is Cc1c(F)cc2c(cnn2C2CCCCO2)c1-c1c(C2CC2)cc2c(N3C[C@@H]4C[C@H]3CN4C(=O)OC(C)(C)C)nc(OC3CCOCC3)nc2c1OCc1ccc(-c2cn(C(C(=O)N3C[C@H](O)C[C@H]3C(=O)O)C(C)C)nn2)cc1. The summed E-state index contributed by atoms with van der Waals surface area (Å²) in [6, 6.07) is 9.48. The predicted molar refractivity (Wildman–Crippen MR) is 288 cm³/mol. The van der Waals surface area contributed by atoms with Crippen molar-refractivity contribution in [3.05, 3.63) is 71.3 Å². The summed E-state index contributed by atoms with van der Waals surface area (Å²) in [6.07, 6.45) is 8.29. The molecule has 2 bridgehead atoms. The number of aliphatic hydroxyl groups excluding tert-OH is 1. The monoisotopic (exact) mass is 1080 g/mol. The summed E-state index contributed by atoms with van der Waals surface area (Å²) < 4.78 is 51.9. The van der Waals surface area contributed by atoms with Crippen LogP contribution in [0.3, 0.4) is 0 Å². The highest BCUT2D eigenvalue weighted by molar-refractivity contribution is 6.06. The number of aromatic nitrogens is 7. The number of likely N-dealkylation sites (tertiary alicyclic amines) is 2. The van der Waals surface area contributed by atoms with E-state index >= 15 is 4.39 Å². The molecule has 2 amide bonds. The normalized spacial score (nSPS) is 23.1.